The van der Waals surface area contributed by atoms with E-state index in [4.69, 9.17) is 4.99 Å². The summed E-state index contributed by atoms with van der Waals surface area (Å²) in [6.07, 6.45) is 9.68. The van der Waals surface area contributed by atoms with Crippen LogP contribution in [0.15, 0.2) is 26.9 Å². The number of hydrogen-bond acceptors (Lipinski definition) is 6. The number of nitriles is 1. The van der Waals surface area contributed by atoms with E-state index >= 15 is 0 Å². The van der Waals surface area contributed by atoms with Crippen LogP contribution in [0, 0.1) is 67.5 Å². The predicted octanol–water partition coefficient (Wildman–Crippen LogP) is 7.11. The van der Waals surface area contributed by atoms with Gasteiger partial charge in [-0.3, -0.25) is 9.59 Å². The highest BCUT2D eigenvalue weighted by atomic mass is 16.1. The zero-order valence-corrected chi connectivity index (χ0v) is 24.4. The molecule has 0 amide bonds. The third kappa shape index (κ3) is 3.02. The Morgan fingerprint density at radius 2 is 1.63 bits per heavy atom. The molecule has 0 bridgehead atoms. The number of carbonyl (C=O) groups is 2. The summed E-state index contributed by atoms with van der Waals surface area (Å²) >= 11 is 0. The zero-order valence-electron chi connectivity index (χ0n) is 24.4. The maximum absolute atomic E-state index is 14.6. The fourth-order valence-corrected chi connectivity index (χ4v) is 11.2. The minimum absolute atomic E-state index is 0.0200. The topological polar surface area (TPSA) is 95.0 Å². The molecule has 204 valence electrons. The van der Waals surface area contributed by atoms with Crippen LogP contribution >= 0.6 is 0 Å². The van der Waals surface area contributed by atoms with E-state index < -0.39 is 5.41 Å². The second-order valence-electron chi connectivity index (χ2n) is 15.7. The van der Waals surface area contributed by atoms with Crippen molar-refractivity contribution in [3.8, 4) is 6.07 Å². The van der Waals surface area contributed by atoms with Gasteiger partial charge in [-0.05, 0) is 84.4 Å². The standard InChI is InChI=1S/C32H44N4O2/c1-27(2)10-12-32(26-34-18-35-36-26)13-11-31(7)24(20(32)16-27)21(37)14-23-29(5)15-19(17-33)25(38)28(3,4)22(29)8-9-30(23,31)6/h15,20,22-24H,8-14,16,18H2,1-7H3/t20-,22-,23+,24-,29-,30+,31+,32-/m0/s1. The quantitative estimate of drug-likeness (QED) is 0.371. The van der Waals surface area contributed by atoms with E-state index in [0.29, 0.717) is 24.4 Å². The van der Waals surface area contributed by atoms with Crippen LogP contribution in [-0.4, -0.2) is 24.1 Å². The molecular formula is C32H44N4O2. The van der Waals surface area contributed by atoms with Gasteiger partial charge in [0.15, 0.2) is 18.3 Å². The first kappa shape index (κ1) is 26.1. The Kier molecular flexibility index (Phi) is 5.31. The van der Waals surface area contributed by atoms with Crippen molar-refractivity contribution < 1.29 is 9.59 Å². The van der Waals surface area contributed by atoms with Crippen molar-refractivity contribution in [3.05, 3.63) is 11.6 Å². The number of aliphatic imine (C=N–C) groups is 1. The number of Topliss-reactive ketones (excluding diaryl/α,β-unsaturated/α-hetero) is 2. The van der Waals surface area contributed by atoms with Crippen molar-refractivity contribution in [1.82, 2.24) is 0 Å². The lowest BCUT2D eigenvalue weighted by molar-refractivity contribution is -0.215. The Hall–Kier alpha value is -2.16. The number of amidine groups is 1. The number of allylic oxidation sites excluding steroid dienone is 2. The molecule has 6 rings (SSSR count). The van der Waals surface area contributed by atoms with Crippen molar-refractivity contribution >= 4 is 17.4 Å². The summed E-state index contributed by atoms with van der Waals surface area (Å²) in [7, 11) is 0. The molecule has 8 atom stereocenters. The smallest absolute Gasteiger partial charge is 0.178 e. The van der Waals surface area contributed by atoms with E-state index in [1.54, 1.807) is 0 Å². The molecule has 1 aliphatic heterocycles. The first-order valence-electron chi connectivity index (χ1n) is 14.8. The summed E-state index contributed by atoms with van der Waals surface area (Å²) in [5, 5.41) is 18.7. The van der Waals surface area contributed by atoms with Crippen LogP contribution in [0.1, 0.15) is 99.8 Å². The molecule has 38 heavy (non-hydrogen) atoms. The van der Waals surface area contributed by atoms with Crippen LogP contribution in [0.4, 0.5) is 0 Å². The highest BCUT2D eigenvalue weighted by Crippen LogP contribution is 2.76. The molecule has 0 unspecified atom stereocenters. The zero-order chi connectivity index (χ0) is 27.5. The molecule has 0 aromatic carbocycles. The molecule has 0 aromatic heterocycles. The minimum Gasteiger partial charge on any atom is -0.299 e. The Bertz CT molecular complexity index is 1250. The predicted molar refractivity (Wildman–Crippen MR) is 146 cm³/mol. The van der Waals surface area contributed by atoms with Crippen molar-refractivity contribution in [2.45, 2.75) is 99.8 Å². The van der Waals surface area contributed by atoms with E-state index in [-0.39, 0.29) is 56.5 Å². The average Bonchev–Trinajstić information content (AvgIpc) is 3.38. The highest BCUT2D eigenvalue weighted by molar-refractivity contribution is 6.04. The van der Waals surface area contributed by atoms with Crippen molar-refractivity contribution in [3.63, 3.8) is 0 Å². The molecular weight excluding hydrogens is 472 g/mol. The highest BCUT2D eigenvalue weighted by Gasteiger charge is 2.72. The summed E-state index contributed by atoms with van der Waals surface area (Å²) in [6, 6.07) is 2.23. The van der Waals surface area contributed by atoms with Gasteiger partial charge in [0.2, 0.25) is 0 Å². The Morgan fingerprint density at radius 3 is 2.29 bits per heavy atom. The lowest BCUT2D eigenvalue weighted by Gasteiger charge is -2.71. The van der Waals surface area contributed by atoms with Gasteiger partial charge in [0, 0.05) is 23.2 Å². The maximum Gasteiger partial charge on any atom is 0.178 e. The van der Waals surface area contributed by atoms with Gasteiger partial charge < -0.3 is 0 Å². The van der Waals surface area contributed by atoms with Crippen LogP contribution < -0.4 is 0 Å². The molecule has 5 aliphatic carbocycles. The average molecular weight is 517 g/mol. The SMILES string of the molecule is CC1(C)CC[C@]2(C3=NCN=N3)CC[C@]3(C)[C@H](C(=O)C[C@@H]4[C@@]5(C)C=C(C#N)C(=O)C(C)(C)[C@@H]5CC[C@]43C)[C@@H]2C1. The fraction of sp³-hybridized carbons (Fsp3) is 0.812. The van der Waals surface area contributed by atoms with Crippen LogP contribution in [0.5, 0.6) is 0 Å². The minimum atomic E-state index is -0.600. The number of carbonyl (C=O) groups excluding carboxylic acids is 2. The molecule has 0 aromatic rings. The van der Waals surface area contributed by atoms with E-state index in [2.05, 4.69) is 50.9 Å². The molecule has 4 fully saturated rings. The number of rotatable bonds is 1. The van der Waals surface area contributed by atoms with E-state index in [1.807, 2.05) is 19.9 Å². The summed E-state index contributed by atoms with van der Waals surface area (Å²) in [6.45, 7) is 16.3. The second kappa shape index (κ2) is 7.73. The summed E-state index contributed by atoms with van der Waals surface area (Å²) < 4.78 is 0. The third-order valence-electron chi connectivity index (χ3n) is 13.4. The normalized spacial score (nSPS) is 48.6. The first-order chi connectivity index (χ1) is 17.7. The number of fused-ring (bicyclic) bond motifs is 7. The van der Waals surface area contributed by atoms with E-state index in [1.165, 1.54) is 0 Å². The molecule has 4 saturated carbocycles. The Morgan fingerprint density at radius 1 is 0.921 bits per heavy atom. The number of nitrogens with zero attached hydrogens (tertiary/aromatic N) is 4. The van der Waals surface area contributed by atoms with Crippen LogP contribution in [0.25, 0.3) is 0 Å². The van der Waals surface area contributed by atoms with Gasteiger partial charge in [0.1, 0.15) is 11.9 Å². The van der Waals surface area contributed by atoms with Crippen LogP contribution in [0.3, 0.4) is 0 Å². The number of ketones is 2. The van der Waals surface area contributed by atoms with Gasteiger partial charge in [-0.15, -0.1) is 5.11 Å². The maximum atomic E-state index is 14.6. The second-order valence-corrected chi connectivity index (χ2v) is 15.7. The van der Waals surface area contributed by atoms with Gasteiger partial charge in [-0.1, -0.05) is 54.5 Å². The summed E-state index contributed by atoms with van der Waals surface area (Å²) in [5.74, 6) is 1.72. The monoisotopic (exact) mass is 516 g/mol. The molecule has 6 nitrogen and oxygen atoms in total. The molecule has 0 N–H and O–H groups in total. The first-order valence-corrected chi connectivity index (χ1v) is 14.8. The molecule has 0 spiro atoms. The molecule has 0 radical (unpaired) electrons. The molecule has 0 saturated heterocycles. The third-order valence-corrected chi connectivity index (χ3v) is 13.4. The lowest BCUT2D eigenvalue weighted by Crippen LogP contribution is -2.69. The largest absolute Gasteiger partial charge is 0.299 e. The van der Waals surface area contributed by atoms with Gasteiger partial charge in [0.05, 0.1) is 5.57 Å². The van der Waals surface area contributed by atoms with E-state index in [9.17, 15) is 14.9 Å². The van der Waals surface area contributed by atoms with Gasteiger partial charge in [-0.25, -0.2) is 4.99 Å². The van der Waals surface area contributed by atoms with Crippen molar-refractivity contribution in [2.24, 2.45) is 71.4 Å². The van der Waals surface area contributed by atoms with Gasteiger partial charge in [0.25, 0.3) is 0 Å². The fourth-order valence-electron chi connectivity index (χ4n) is 11.2. The molecule has 1 heterocycles. The van der Waals surface area contributed by atoms with Crippen molar-refractivity contribution in [2.75, 3.05) is 6.67 Å². The molecule has 6 heteroatoms. The van der Waals surface area contributed by atoms with E-state index in [0.717, 1.165) is 50.8 Å². The number of hydrogen-bond donors (Lipinski definition) is 0. The van der Waals surface area contributed by atoms with Gasteiger partial charge >= 0.3 is 0 Å². The molecule has 6 aliphatic rings. The summed E-state index contributed by atoms with van der Waals surface area (Å²) in [5.41, 5.74) is -0.836. The van der Waals surface area contributed by atoms with Crippen LogP contribution in [-0.2, 0) is 9.59 Å². The van der Waals surface area contributed by atoms with Gasteiger partial charge in [-0.2, -0.15) is 10.4 Å². The number of azo groups is 1. The Balaban J connectivity index is 1.48. The summed E-state index contributed by atoms with van der Waals surface area (Å²) in [4.78, 5) is 32.6. The van der Waals surface area contributed by atoms with Crippen molar-refractivity contribution in [1.29, 1.82) is 5.26 Å². The lowest BCUT2D eigenvalue weighted by atomic mass is 9.31. The Labute approximate surface area is 227 Å². The van der Waals surface area contributed by atoms with Crippen LogP contribution in [0.2, 0.25) is 0 Å².